The fraction of sp³-hybridized carbons (Fsp3) is 1.00. The Hall–Kier alpha value is -0.0800. The third-order valence-electron chi connectivity index (χ3n) is 4.64. The van der Waals surface area contributed by atoms with Gasteiger partial charge >= 0.3 is 0 Å². The number of hydrogen-bond acceptors (Lipinski definition) is 2. The van der Waals surface area contributed by atoms with Crippen LogP contribution in [0.5, 0.6) is 0 Å². The normalized spacial score (nSPS) is 28.1. The van der Waals surface area contributed by atoms with Crippen molar-refractivity contribution in [1.29, 1.82) is 0 Å². The van der Waals surface area contributed by atoms with Crippen LogP contribution < -0.4 is 0 Å². The Balaban J connectivity index is 1.70. The summed E-state index contributed by atoms with van der Waals surface area (Å²) in [7, 11) is 2.21. The predicted molar refractivity (Wildman–Crippen MR) is 67.5 cm³/mol. The SMILES string of the molecule is CN1CCC(CCC2(O)CCCCC2)CC1. The minimum Gasteiger partial charge on any atom is -0.390 e. The molecular weight excluding hydrogens is 198 g/mol. The van der Waals surface area contributed by atoms with Crippen LogP contribution in [0.15, 0.2) is 0 Å². The molecule has 0 amide bonds. The van der Waals surface area contributed by atoms with E-state index in [9.17, 15) is 5.11 Å². The van der Waals surface area contributed by atoms with E-state index in [1.165, 1.54) is 51.6 Å². The molecule has 0 atom stereocenters. The summed E-state index contributed by atoms with van der Waals surface area (Å²) >= 11 is 0. The lowest BCUT2D eigenvalue weighted by molar-refractivity contribution is -0.0109. The van der Waals surface area contributed by atoms with Crippen molar-refractivity contribution in [3.63, 3.8) is 0 Å². The molecule has 2 aliphatic rings. The zero-order valence-corrected chi connectivity index (χ0v) is 10.7. The van der Waals surface area contributed by atoms with Crippen LogP contribution in [0.1, 0.15) is 57.8 Å². The summed E-state index contributed by atoms with van der Waals surface area (Å²) in [5, 5.41) is 10.4. The van der Waals surface area contributed by atoms with Gasteiger partial charge in [0.25, 0.3) is 0 Å². The quantitative estimate of drug-likeness (QED) is 0.798. The van der Waals surface area contributed by atoms with Crippen LogP contribution in [0.3, 0.4) is 0 Å². The van der Waals surface area contributed by atoms with Crippen molar-refractivity contribution < 1.29 is 5.11 Å². The zero-order chi connectivity index (χ0) is 11.4. The summed E-state index contributed by atoms with van der Waals surface area (Å²) in [6, 6.07) is 0. The Kier molecular flexibility index (Phi) is 4.26. The molecule has 94 valence electrons. The molecule has 1 N–H and O–H groups in total. The van der Waals surface area contributed by atoms with E-state index in [0.29, 0.717) is 0 Å². The summed E-state index contributed by atoms with van der Waals surface area (Å²) in [6.45, 7) is 2.51. The van der Waals surface area contributed by atoms with Gasteiger partial charge < -0.3 is 10.0 Å². The first-order valence-corrected chi connectivity index (χ1v) is 7.09. The van der Waals surface area contributed by atoms with E-state index in [0.717, 1.165) is 25.2 Å². The first-order chi connectivity index (χ1) is 7.68. The molecule has 1 saturated carbocycles. The van der Waals surface area contributed by atoms with Crippen molar-refractivity contribution in [3.8, 4) is 0 Å². The van der Waals surface area contributed by atoms with Crippen LogP contribution in [0, 0.1) is 5.92 Å². The van der Waals surface area contributed by atoms with Gasteiger partial charge in [-0.3, -0.25) is 0 Å². The number of piperidine rings is 1. The van der Waals surface area contributed by atoms with Crippen molar-refractivity contribution in [2.75, 3.05) is 20.1 Å². The molecule has 0 radical (unpaired) electrons. The van der Waals surface area contributed by atoms with Crippen LogP contribution in [-0.2, 0) is 0 Å². The van der Waals surface area contributed by atoms with Gasteiger partial charge in [0.2, 0.25) is 0 Å². The Bertz CT molecular complexity index is 203. The third kappa shape index (κ3) is 3.46. The Morgan fingerprint density at radius 3 is 2.38 bits per heavy atom. The lowest BCUT2D eigenvalue weighted by atomic mass is 9.79. The maximum atomic E-state index is 10.4. The summed E-state index contributed by atoms with van der Waals surface area (Å²) in [4.78, 5) is 2.42. The summed E-state index contributed by atoms with van der Waals surface area (Å²) in [5.74, 6) is 0.877. The third-order valence-corrected chi connectivity index (χ3v) is 4.64. The molecule has 16 heavy (non-hydrogen) atoms. The molecule has 0 bridgehead atoms. The molecule has 1 aliphatic carbocycles. The Morgan fingerprint density at radius 1 is 1.12 bits per heavy atom. The van der Waals surface area contributed by atoms with Crippen molar-refractivity contribution in [1.82, 2.24) is 4.90 Å². The van der Waals surface area contributed by atoms with Crippen molar-refractivity contribution >= 4 is 0 Å². The molecule has 0 aromatic heterocycles. The van der Waals surface area contributed by atoms with Gasteiger partial charge in [0.1, 0.15) is 0 Å². The van der Waals surface area contributed by atoms with Gasteiger partial charge in [-0.15, -0.1) is 0 Å². The molecule has 2 nitrogen and oxygen atoms in total. The number of hydrogen-bond donors (Lipinski definition) is 1. The van der Waals surface area contributed by atoms with Crippen molar-refractivity contribution in [2.24, 2.45) is 5.92 Å². The number of aliphatic hydroxyl groups is 1. The molecule has 0 aromatic carbocycles. The van der Waals surface area contributed by atoms with E-state index in [4.69, 9.17) is 0 Å². The topological polar surface area (TPSA) is 23.5 Å². The van der Waals surface area contributed by atoms with Gasteiger partial charge in [0.15, 0.2) is 0 Å². The first kappa shape index (κ1) is 12.4. The number of rotatable bonds is 3. The number of nitrogens with zero attached hydrogens (tertiary/aromatic N) is 1. The molecule has 2 fully saturated rings. The number of likely N-dealkylation sites (tertiary alicyclic amines) is 1. The van der Waals surface area contributed by atoms with Gasteiger partial charge in [-0.1, -0.05) is 19.3 Å². The van der Waals surface area contributed by atoms with Crippen molar-refractivity contribution in [3.05, 3.63) is 0 Å². The van der Waals surface area contributed by atoms with Crippen LogP contribution in [0.25, 0.3) is 0 Å². The fourth-order valence-corrected chi connectivity index (χ4v) is 3.28. The first-order valence-electron chi connectivity index (χ1n) is 7.09. The van der Waals surface area contributed by atoms with E-state index in [-0.39, 0.29) is 5.60 Å². The van der Waals surface area contributed by atoms with E-state index >= 15 is 0 Å². The summed E-state index contributed by atoms with van der Waals surface area (Å²) < 4.78 is 0. The van der Waals surface area contributed by atoms with E-state index in [1.54, 1.807) is 0 Å². The van der Waals surface area contributed by atoms with E-state index in [2.05, 4.69) is 11.9 Å². The molecule has 0 spiro atoms. The highest BCUT2D eigenvalue weighted by Crippen LogP contribution is 2.34. The van der Waals surface area contributed by atoms with Crippen LogP contribution in [-0.4, -0.2) is 35.7 Å². The second-order valence-corrected chi connectivity index (χ2v) is 6.07. The zero-order valence-electron chi connectivity index (χ0n) is 10.7. The van der Waals surface area contributed by atoms with E-state index in [1.807, 2.05) is 0 Å². The molecule has 0 unspecified atom stereocenters. The maximum Gasteiger partial charge on any atom is 0.0648 e. The highest BCUT2D eigenvalue weighted by atomic mass is 16.3. The highest BCUT2D eigenvalue weighted by Gasteiger charge is 2.30. The Labute approximate surface area is 100 Å². The lowest BCUT2D eigenvalue weighted by Gasteiger charge is -2.35. The maximum absolute atomic E-state index is 10.4. The van der Waals surface area contributed by atoms with Gasteiger partial charge in [0, 0.05) is 0 Å². The molecule has 2 heteroatoms. The molecule has 1 saturated heterocycles. The highest BCUT2D eigenvalue weighted by molar-refractivity contribution is 4.83. The predicted octanol–water partition coefficient (Wildman–Crippen LogP) is 2.80. The van der Waals surface area contributed by atoms with Gasteiger partial charge in [-0.2, -0.15) is 0 Å². The largest absolute Gasteiger partial charge is 0.390 e. The second kappa shape index (κ2) is 5.50. The molecule has 1 heterocycles. The molecule has 2 rings (SSSR count). The Morgan fingerprint density at radius 2 is 1.75 bits per heavy atom. The fourth-order valence-electron chi connectivity index (χ4n) is 3.28. The monoisotopic (exact) mass is 225 g/mol. The molecule has 0 aromatic rings. The van der Waals surface area contributed by atoms with Gasteiger partial charge in [0.05, 0.1) is 5.60 Å². The van der Waals surface area contributed by atoms with Crippen LogP contribution in [0.2, 0.25) is 0 Å². The minimum atomic E-state index is -0.290. The summed E-state index contributed by atoms with van der Waals surface area (Å²) in [6.07, 6.45) is 10.9. The van der Waals surface area contributed by atoms with Crippen LogP contribution >= 0.6 is 0 Å². The second-order valence-electron chi connectivity index (χ2n) is 6.07. The standard InChI is InChI=1S/C14H27NO/c1-15-11-6-13(7-12-15)5-10-14(16)8-3-2-4-9-14/h13,16H,2-12H2,1H3. The molecule has 1 aliphatic heterocycles. The summed E-state index contributed by atoms with van der Waals surface area (Å²) in [5.41, 5.74) is -0.290. The molecular formula is C14H27NO. The van der Waals surface area contributed by atoms with E-state index < -0.39 is 0 Å². The van der Waals surface area contributed by atoms with Gasteiger partial charge in [-0.05, 0) is 64.6 Å². The van der Waals surface area contributed by atoms with Gasteiger partial charge in [-0.25, -0.2) is 0 Å². The smallest absolute Gasteiger partial charge is 0.0648 e. The van der Waals surface area contributed by atoms with Crippen molar-refractivity contribution in [2.45, 2.75) is 63.4 Å². The van der Waals surface area contributed by atoms with Crippen LogP contribution in [0.4, 0.5) is 0 Å². The lowest BCUT2D eigenvalue weighted by Crippen LogP contribution is -2.34. The average molecular weight is 225 g/mol. The minimum absolute atomic E-state index is 0.290. The average Bonchev–Trinajstić information content (AvgIpc) is 2.29.